The monoisotopic (exact) mass is 469 g/mol. The molecule has 1 amide bonds. The van der Waals surface area contributed by atoms with Gasteiger partial charge in [0.2, 0.25) is 5.91 Å². The Morgan fingerprint density at radius 2 is 1.86 bits per heavy atom. The van der Waals surface area contributed by atoms with Crippen molar-refractivity contribution in [3.8, 4) is 34.2 Å². The van der Waals surface area contributed by atoms with E-state index in [0.29, 0.717) is 42.2 Å². The average Bonchev–Trinajstić information content (AvgIpc) is 3.50. The summed E-state index contributed by atoms with van der Waals surface area (Å²) >= 11 is 0. The van der Waals surface area contributed by atoms with Crippen LogP contribution in [0.3, 0.4) is 0 Å². The number of hydrogen-bond donors (Lipinski definition) is 0. The van der Waals surface area contributed by atoms with Crippen LogP contribution < -0.4 is 4.74 Å². The Morgan fingerprint density at radius 3 is 2.49 bits per heavy atom. The van der Waals surface area contributed by atoms with E-state index < -0.39 is 0 Å². The fourth-order valence-electron chi connectivity index (χ4n) is 4.17. The van der Waals surface area contributed by atoms with Crippen LogP contribution in [-0.4, -0.2) is 37.7 Å². The van der Waals surface area contributed by atoms with Crippen molar-refractivity contribution in [2.75, 3.05) is 6.54 Å². The van der Waals surface area contributed by atoms with Gasteiger partial charge in [-0.2, -0.15) is 15.2 Å². The van der Waals surface area contributed by atoms with Crippen molar-refractivity contribution < 1.29 is 14.1 Å². The van der Waals surface area contributed by atoms with Crippen LogP contribution in [0.4, 0.5) is 0 Å². The number of ether oxygens (including phenoxy) is 1. The molecular weight excluding hydrogens is 442 g/mol. The Labute approximate surface area is 204 Å². The summed E-state index contributed by atoms with van der Waals surface area (Å²) in [4.78, 5) is 18.4. The van der Waals surface area contributed by atoms with Gasteiger partial charge in [0.05, 0.1) is 11.4 Å². The summed E-state index contributed by atoms with van der Waals surface area (Å²) in [6, 6.07) is 17.4. The van der Waals surface area contributed by atoms with E-state index in [2.05, 4.69) is 41.1 Å². The van der Waals surface area contributed by atoms with Crippen LogP contribution >= 0.6 is 0 Å². The number of carbonyl (C=O) groups is 1. The van der Waals surface area contributed by atoms with E-state index in [4.69, 9.17) is 9.26 Å². The molecule has 4 aromatic rings. The highest BCUT2D eigenvalue weighted by Crippen LogP contribution is 2.33. The minimum Gasteiger partial charge on any atom is -0.457 e. The molecule has 0 bridgehead atoms. The summed E-state index contributed by atoms with van der Waals surface area (Å²) < 4.78 is 11.5. The SMILES string of the molecule is CC(C)c1ccc(-c2ccc(Oc3cc(-c4ncno4)ccc3CN3C[C@@H](C)CC3=O)cc2)nn1. The van der Waals surface area contributed by atoms with Gasteiger partial charge in [0.1, 0.15) is 11.5 Å². The zero-order valence-corrected chi connectivity index (χ0v) is 20.0. The molecule has 1 fully saturated rings. The maximum absolute atomic E-state index is 12.4. The molecule has 35 heavy (non-hydrogen) atoms. The van der Waals surface area contributed by atoms with E-state index in [0.717, 1.165) is 34.6 Å². The number of benzene rings is 2. The van der Waals surface area contributed by atoms with Crippen LogP contribution in [0, 0.1) is 5.92 Å². The first kappa shape index (κ1) is 22.7. The van der Waals surface area contributed by atoms with Crippen LogP contribution in [-0.2, 0) is 11.3 Å². The molecule has 0 aliphatic carbocycles. The number of carbonyl (C=O) groups excluding carboxylic acids is 1. The third-order valence-electron chi connectivity index (χ3n) is 6.10. The van der Waals surface area contributed by atoms with E-state index in [9.17, 15) is 4.79 Å². The third kappa shape index (κ3) is 5.06. The molecule has 1 aliphatic heterocycles. The molecule has 2 aromatic heterocycles. The lowest BCUT2D eigenvalue weighted by molar-refractivity contribution is -0.128. The van der Waals surface area contributed by atoms with Gasteiger partial charge in [0.25, 0.3) is 5.89 Å². The van der Waals surface area contributed by atoms with Gasteiger partial charge in [-0.05, 0) is 60.4 Å². The normalized spacial score (nSPS) is 15.7. The quantitative estimate of drug-likeness (QED) is 0.354. The van der Waals surface area contributed by atoms with E-state index in [1.165, 1.54) is 6.33 Å². The molecular formula is C27H27N5O3. The summed E-state index contributed by atoms with van der Waals surface area (Å²) in [5, 5.41) is 12.4. The predicted molar refractivity (Wildman–Crippen MR) is 131 cm³/mol. The largest absolute Gasteiger partial charge is 0.457 e. The van der Waals surface area contributed by atoms with Crippen LogP contribution in [0.2, 0.25) is 0 Å². The lowest BCUT2D eigenvalue weighted by Crippen LogP contribution is -2.24. The van der Waals surface area contributed by atoms with Gasteiger partial charge in [-0.15, -0.1) is 0 Å². The summed E-state index contributed by atoms with van der Waals surface area (Å²) in [7, 11) is 0. The van der Waals surface area contributed by atoms with E-state index in [1.807, 2.05) is 59.5 Å². The summed E-state index contributed by atoms with van der Waals surface area (Å²) in [6.07, 6.45) is 1.95. The number of aromatic nitrogens is 4. The molecule has 8 heteroatoms. The highest BCUT2D eigenvalue weighted by atomic mass is 16.5. The zero-order valence-electron chi connectivity index (χ0n) is 20.0. The smallest absolute Gasteiger partial charge is 0.257 e. The topological polar surface area (TPSA) is 94.2 Å². The second-order valence-corrected chi connectivity index (χ2v) is 9.28. The minimum absolute atomic E-state index is 0.165. The van der Waals surface area contributed by atoms with E-state index in [1.54, 1.807) is 0 Å². The second-order valence-electron chi connectivity index (χ2n) is 9.28. The number of amides is 1. The molecule has 178 valence electrons. The van der Waals surface area contributed by atoms with Gasteiger partial charge in [-0.1, -0.05) is 32.0 Å². The van der Waals surface area contributed by atoms with Crippen molar-refractivity contribution in [3.05, 3.63) is 72.2 Å². The van der Waals surface area contributed by atoms with Crippen LogP contribution in [0.15, 0.2) is 65.4 Å². The summed E-state index contributed by atoms with van der Waals surface area (Å²) in [6.45, 7) is 7.51. The Bertz CT molecular complexity index is 1300. The molecule has 1 saturated heterocycles. The molecule has 1 atom stereocenters. The number of hydrogen-bond acceptors (Lipinski definition) is 7. The van der Waals surface area contributed by atoms with Gasteiger partial charge in [-0.25, -0.2) is 0 Å². The standard InChI is InChI=1S/C27H27N5O3/c1-17(2)23-10-11-24(31-30-23)19-6-8-22(9-7-19)34-25-13-20(27-28-16-29-35-27)4-5-21(25)15-32-14-18(3)12-26(32)33/h4-11,13,16-18H,12,14-15H2,1-3H3/t18-/m0/s1. The second kappa shape index (κ2) is 9.66. The highest BCUT2D eigenvalue weighted by molar-refractivity contribution is 5.78. The zero-order chi connectivity index (χ0) is 24.4. The van der Waals surface area contributed by atoms with Crippen molar-refractivity contribution in [1.29, 1.82) is 0 Å². The molecule has 0 N–H and O–H groups in total. The molecule has 0 saturated carbocycles. The predicted octanol–water partition coefficient (Wildman–Crippen LogP) is 5.48. The van der Waals surface area contributed by atoms with Gasteiger partial charge < -0.3 is 14.2 Å². The van der Waals surface area contributed by atoms with Crippen molar-refractivity contribution in [1.82, 2.24) is 25.2 Å². The van der Waals surface area contributed by atoms with Gasteiger partial charge in [-0.3, -0.25) is 4.79 Å². The molecule has 0 unspecified atom stereocenters. The number of rotatable bonds is 7. The lowest BCUT2D eigenvalue weighted by Gasteiger charge is -2.19. The van der Waals surface area contributed by atoms with Crippen LogP contribution in [0.25, 0.3) is 22.7 Å². The molecule has 0 spiro atoms. The summed E-state index contributed by atoms with van der Waals surface area (Å²) in [5.41, 5.74) is 4.39. The number of likely N-dealkylation sites (tertiary alicyclic amines) is 1. The van der Waals surface area contributed by atoms with Crippen molar-refractivity contribution in [2.45, 2.75) is 39.7 Å². The van der Waals surface area contributed by atoms with Crippen molar-refractivity contribution in [2.24, 2.45) is 5.92 Å². The molecule has 5 rings (SSSR count). The Balaban J connectivity index is 1.40. The maximum Gasteiger partial charge on any atom is 0.257 e. The van der Waals surface area contributed by atoms with E-state index >= 15 is 0 Å². The Morgan fingerprint density at radius 1 is 1.06 bits per heavy atom. The fraction of sp³-hybridized carbons (Fsp3) is 0.296. The molecule has 0 radical (unpaired) electrons. The Hall–Kier alpha value is -4.07. The molecule has 2 aromatic carbocycles. The van der Waals surface area contributed by atoms with Crippen LogP contribution in [0.5, 0.6) is 11.5 Å². The molecule has 1 aliphatic rings. The van der Waals surface area contributed by atoms with Crippen molar-refractivity contribution >= 4 is 5.91 Å². The van der Waals surface area contributed by atoms with Gasteiger partial charge in [0.15, 0.2) is 6.33 Å². The molecule has 3 heterocycles. The first-order valence-corrected chi connectivity index (χ1v) is 11.8. The highest BCUT2D eigenvalue weighted by Gasteiger charge is 2.27. The summed E-state index contributed by atoms with van der Waals surface area (Å²) in [5.74, 6) is 2.58. The fourth-order valence-corrected chi connectivity index (χ4v) is 4.17. The minimum atomic E-state index is 0.165. The van der Waals surface area contributed by atoms with Gasteiger partial charge >= 0.3 is 0 Å². The first-order valence-electron chi connectivity index (χ1n) is 11.8. The van der Waals surface area contributed by atoms with E-state index in [-0.39, 0.29) is 5.91 Å². The van der Waals surface area contributed by atoms with Crippen molar-refractivity contribution in [3.63, 3.8) is 0 Å². The van der Waals surface area contributed by atoms with Crippen LogP contribution in [0.1, 0.15) is 44.4 Å². The third-order valence-corrected chi connectivity index (χ3v) is 6.10. The maximum atomic E-state index is 12.4. The molecule has 8 nitrogen and oxygen atoms in total. The van der Waals surface area contributed by atoms with Gasteiger partial charge in [0, 0.05) is 36.2 Å². The first-order chi connectivity index (χ1) is 17.0. The average molecular weight is 470 g/mol. The lowest BCUT2D eigenvalue weighted by atomic mass is 10.1. The number of nitrogens with zero attached hydrogens (tertiary/aromatic N) is 5. The Kier molecular flexibility index (Phi) is 6.27.